The minimum absolute atomic E-state index is 0.512. The van der Waals surface area contributed by atoms with E-state index in [2.05, 4.69) is 17.2 Å². The first-order valence-corrected chi connectivity index (χ1v) is 6.07. The average molecular weight is 242 g/mol. The Balaban J connectivity index is 2.12. The summed E-state index contributed by atoms with van der Waals surface area (Å²) >= 11 is 0. The van der Waals surface area contributed by atoms with Gasteiger partial charge in [0.2, 0.25) is 0 Å². The van der Waals surface area contributed by atoms with Gasteiger partial charge in [-0.15, -0.1) is 0 Å². The maximum absolute atomic E-state index is 5.53. The van der Waals surface area contributed by atoms with Crippen LogP contribution < -0.4 is 5.32 Å². The SMILES string of the molecule is CCCOCc1cnc(CCNCCOC)o1. The number of methoxy groups -OCH3 is 1. The zero-order chi connectivity index (χ0) is 12.3. The molecule has 0 saturated heterocycles. The maximum Gasteiger partial charge on any atom is 0.195 e. The average Bonchev–Trinajstić information content (AvgIpc) is 2.77. The van der Waals surface area contributed by atoms with E-state index < -0.39 is 0 Å². The second kappa shape index (κ2) is 9.15. The number of oxazole rings is 1. The fraction of sp³-hybridized carbons (Fsp3) is 0.750. The van der Waals surface area contributed by atoms with E-state index in [4.69, 9.17) is 13.9 Å². The number of nitrogens with one attached hydrogen (secondary N) is 1. The van der Waals surface area contributed by atoms with Crippen molar-refractivity contribution in [3.8, 4) is 0 Å². The third-order valence-electron chi connectivity index (χ3n) is 2.19. The molecule has 5 heteroatoms. The highest BCUT2D eigenvalue weighted by Crippen LogP contribution is 2.05. The number of ether oxygens (including phenoxy) is 2. The highest BCUT2D eigenvalue weighted by Gasteiger charge is 2.03. The predicted molar refractivity (Wildman–Crippen MR) is 64.9 cm³/mol. The maximum atomic E-state index is 5.53. The van der Waals surface area contributed by atoms with Crippen LogP contribution in [0.25, 0.3) is 0 Å². The molecule has 1 aromatic heterocycles. The largest absolute Gasteiger partial charge is 0.443 e. The fourth-order valence-electron chi connectivity index (χ4n) is 1.34. The Kier molecular flexibility index (Phi) is 7.62. The molecule has 0 radical (unpaired) electrons. The Bertz CT molecular complexity index is 289. The van der Waals surface area contributed by atoms with Gasteiger partial charge in [-0.25, -0.2) is 4.98 Å². The van der Waals surface area contributed by atoms with Gasteiger partial charge in [-0.1, -0.05) is 6.92 Å². The Morgan fingerprint density at radius 2 is 2.24 bits per heavy atom. The van der Waals surface area contributed by atoms with Gasteiger partial charge in [-0.3, -0.25) is 0 Å². The van der Waals surface area contributed by atoms with Crippen LogP contribution in [0.1, 0.15) is 25.0 Å². The van der Waals surface area contributed by atoms with E-state index in [-0.39, 0.29) is 0 Å². The van der Waals surface area contributed by atoms with E-state index in [0.717, 1.165) is 50.8 Å². The molecule has 0 spiro atoms. The Morgan fingerprint density at radius 3 is 3.00 bits per heavy atom. The number of nitrogens with zero attached hydrogens (tertiary/aromatic N) is 1. The van der Waals surface area contributed by atoms with E-state index in [0.29, 0.717) is 6.61 Å². The van der Waals surface area contributed by atoms with E-state index in [1.807, 2.05) is 0 Å². The molecule has 0 aromatic carbocycles. The van der Waals surface area contributed by atoms with Crippen LogP contribution in [0.15, 0.2) is 10.6 Å². The predicted octanol–water partition coefficient (Wildman–Crippen LogP) is 1.38. The van der Waals surface area contributed by atoms with Gasteiger partial charge in [0.05, 0.1) is 12.8 Å². The first-order chi connectivity index (χ1) is 8.36. The molecule has 0 unspecified atom stereocenters. The van der Waals surface area contributed by atoms with Gasteiger partial charge < -0.3 is 19.2 Å². The molecule has 0 bridgehead atoms. The lowest BCUT2D eigenvalue weighted by Gasteiger charge is -2.01. The smallest absolute Gasteiger partial charge is 0.195 e. The van der Waals surface area contributed by atoms with Crippen molar-refractivity contribution in [1.82, 2.24) is 10.3 Å². The molecule has 1 rings (SSSR count). The second-order valence-electron chi connectivity index (χ2n) is 3.77. The van der Waals surface area contributed by atoms with Gasteiger partial charge >= 0.3 is 0 Å². The van der Waals surface area contributed by atoms with Gasteiger partial charge in [-0.2, -0.15) is 0 Å². The summed E-state index contributed by atoms with van der Waals surface area (Å²) in [5, 5.41) is 3.24. The molecule has 0 amide bonds. The quantitative estimate of drug-likeness (QED) is 0.628. The first kappa shape index (κ1) is 14.2. The van der Waals surface area contributed by atoms with Crippen molar-refractivity contribution in [1.29, 1.82) is 0 Å². The summed E-state index contributed by atoms with van der Waals surface area (Å²) in [5.74, 6) is 1.55. The summed E-state index contributed by atoms with van der Waals surface area (Å²) in [7, 11) is 1.69. The van der Waals surface area contributed by atoms with Crippen LogP contribution in [0.4, 0.5) is 0 Å². The number of aromatic nitrogens is 1. The first-order valence-electron chi connectivity index (χ1n) is 6.07. The van der Waals surface area contributed by atoms with Gasteiger partial charge in [-0.05, 0) is 6.42 Å². The highest BCUT2D eigenvalue weighted by molar-refractivity contribution is 4.92. The summed E-state index contributed by atoms with van der Waals surface area (Å²) in [4.78, 5) is 4.19. The van der Waals surface area contributed by atoms with Crippen molar-refractivity contribution >= 4 is 0 Å². The van der Waals surface area contributed by atoms with Crippen LogP contribution in [0.3, 0.4) is 0 Å². The van der Waals surface area contributed by atoms with Gasteiger partial charge in [0.25, 0.3) is 0 Å². The van der Waals surface area contributed by atoms with Gasteiger partial charge in [0.1, 0.15) is 12.4 Å². The molecular weight excluding hydrogens is 220 g/mol. The van der Waals surface area contributed by atoms with Crippen LogP contribution in [0, 0.1) is 0 Å². The fourth-order valence-corrected chi connectivity index (χ4v) is 1.34. The minimum Gasteiger partial charge on any atom is -0.443 e. The Morgan fingerprint density at radius 1 is 1.35 bits per heavy atom. The molecule has 98 valence electrons. The minimum atomic E-state index is 0.512. The lowest BCUT2D eigenvalue weighted by molar-refractivity contribution is 0.106. The summed E-state index contributed by atoms with van der Waals surface area (Å²) in [6, 6.07) is 0. The van der Waals surface area contributed by atoms with Crippen LogP contribution >= 0.6 is 0 Å². The molecule has 1 heterocycles. The van der Waals surface area contributed by atoms with Gasteiger partial charge in [0.15, 0.2) is 5.89 Å². The summed E-state index contributed by atoms with van der Waals surface area (Å²) in [5.41, 5.74) is 0. The summed E-state index contributed by atoms with van der Waals surface area (Å²) in [6.07, 6.45) is 3.54. The highest BCUT2D eigenvalue weighted by atomic mass is 16.5. The monoisotopic (exact) mass is 242 g/mol. The van der Waals surface area contributed by atoms with Crippen molar-refractivity contribution in [3.63, 3.8) is 0 Å². The van der Waals surface area contributed by atoms with Gasteiger partial charge in [0, 0.05) is 33.2 Å². The normalized spacial score (nSPS) is 10.9. The van der Waals surface area contributed by atoms with Crippen LogP contribution in [-0.2, 0) is 22.5 Å². The van der Waals surface area contributed by atoms with Crippen LogP contribution in [-0.4, -0.2) is 38.4 Å². The molecule has 0 aliphatic carbocycles. The van der Waals surface area contributed by atoms with Crippen molar-refractivity contribution < 1.29 is 13.9 Å². The molecule has 0 aliphatic heterocycles. The lowest BCUT2D eigenvalue weighted by Crippen LogP contribution is -2.21. The topological polar surface area (TPSA) is 56.5 Å². The molecule has 1 N–H and O–H groups in total. The van der Waals surface area contributed by atoms with E-state index in [1.165, 1.54) is 0 Å². The third kappa shape index (κ3) is 6.41. The molecular formula is C12H22N2O3. The summed E-state index contributed by atoms with van der Waals surface area (Å²) in [6.45, 7) is 5.77. The molecule has 5 nitrogen and oxygen atoms in total. The molecule has 0 saturated carbocycles. The molecule has 0 atom stereocenters. The standard InChI is InChI=1S/C12H22N2O3/c1-3-7-16-10-11-9-14-12(17-11)4-5-13-6-8-15-2/h9,13H,3-8,10H2,1-2H3. The second-order valence-corrected chi connectivity index (χ2v) is 3.77. The Hall–Kier alpha value is -0.910. The number of hydrogen-bond donors (Lipinski definition) is 1. The Labute approximate surface area is 103 Å². The van der Waals surface area contributed by atoms with E-state index in [1.54, 1.807) is 13.3 Å². The molecule has 0 aliphatic rings. The van der Waals surface area contributed by atoms with Crippen LogP contribution in [0.2, 0.25) is 0 Å². The number of rotatable bonds is 10. The molecule has 1 aromatic rings. The van der Waals surface area contributed by atoms with Crippen molar-refractivity contribution in [3.05, 3.63) is 17.8 Å². The zero-order valence-electron chi connectivity index (χ0n) is 10.7. The zero-order valence-corrected chi connectivity index (χ0v) is 10.7. The molecule has 17 heavy (non-hydrogen) atoms. The third-order valence-corrected chi connectivity index (χ3v) is 2.19. The summed E-state index contributed by atoms with van der Waals surface area (Å²) < 4.78 is 15.8. The van der Waals surface area contributed by atoms with E-state index >= 15 is 0 Å². The lowest BCUT2D eigenvalue weighted by atomic mass is 10.4. The van der Waals surface area contributed by atoms with E-state index in [9.17, 15) is 0 Å². The van der Waals surface area contributed by atoms with Crippen molar-refractivity contribution in [2.24, 2.45) is 0 Å². The molecule has 0 fully saturated rings. The van der Waals surface area contributed by atoms with Crippen molar-refractivity contribution in [2.45, 2.75) is 26.4 Å². The number of hydrogen-bond acceptors (Lipinski definition) is 5. The van der Waals surface area contributed by atoms with Crippen LogP contribution in [0.5, 0.6) is 0 Å². The van der Waals surface area contributed by atoms with Crippen molar-refractivity contribution in [2.75, 3.05) is 33.4 Å².